The molecule has 2 amide bonds. The number of hydrogen-bond donors (Lipinski definition) is 0. The van der Waals surface area contributed by atoms with Crippen LogP contribution in [0.5, 0.6) is 0 Å². The summed E-state index contributed by atoms with van der Waals surface area (Å²) >= 11 is 0. The van der Waals surface area contributed by atoms with E-state index in [-0.39, 0.29) is 11.8 Å². The zero-order chi connectivity index (χ0) is 18.4. The van der Waals surface area contributed by atoms with Gasteiger partial charge in [-0.15, -0.1) is 0 Å². The lowest BCUT2D eigenvalue weighted by atomic mass is 9.68. The molecule has 0 fully saturated rings. The number of rotatable bonds is 9. The van der Waals surface area contributed by atoms with E-state index in [1.165, 1.54) is 4.90 Å². The molecule has 0 atom stereocenters. The lowest BCUT2D eigenvalue weighted by Gasteiger charge is -2.42. The van der Waals surface area contributed by atoms with Crippen LogP contribution in [0, 0.1) is 0 Å². The van der Waals surface area contributed by atoms with Crippen LogP contribution in [-0.2, 0) is 10.2 Å². The second kappa shape index (κ2) is 8.61. The minimum Gasteiger partial charge on any atom is -0.308 e. The molecule has 2 rings (SSSR count). The molecule has 0 unspecified atom stereocenters. The van der Waals surface area contributed by atoms with Crippen molar-refractivity contribution in [3.8, 4) is 0 Å². The molecule has 0 N–H and O–H groups in total. The lowest BCUT2D eigenvalue weighted by Crippen LogP contribution is -2.55. The van der Waals surface area contributed by atoms with Crippen molar-refractivity contribution in [1.82, 2.24) is 9.80 Å². The van der Waals surface area contributed by atoms with E-state index in [1.54, 1.807) is 0 Å². The third kappa shape index (κ3) is 3.95. The molecule has 0 radical (unpaired) electrons. The van der Waals surface area contributed by atoms with Gasteiger partial charge in [-0.3, -0.25) is 14.5 Å². The standard InChI is InChI=1S/C21H32N2O2/c1-5-7-13-21(14-8-6-2)18-12-10-9-11-17(18)19(24)23(20(21)25)16-15-22(3)4/h9-12H,5-8,13-16H2,1-4H3. The summed E-state index contributed by atoms with van der Waals surface area (Å²) in [5, 5.41) is 0. The molecule has 0 aliphatic carbocycles. The van der Waals surface area contributed by atoms with Gasteiger partial charge in [0.2, 0.25) is 5.91 Å². The van der Waals surface area contributed by atoms with Crippen molar-refractivity contribution in [3.63, 3.8) is 0 Å². The van der Waals surface area contributed by atoms with E-state index in [1.807, 2.05) is 43.3 Å². The third-order valence-corrected chi connectivity index (χ3v) is 5.26. The minimum absolute atomic E-state index is 0.0138. The van der Waals surface area contributed by atoms with Gasteiger partial charge in [-0.1, -0.05) is 57.7 Å². The van der Waals surface area contributed by atoms with Crippen LogP contribution in [0.3, 0.4) is 0 Å². The van der Waals surface area contributed by atoms with Crippen LogP contribution < -0.4 is 0 Å². The Morgan fingerprint density at radius 3 is 2.16 bits per heavy atom. The van der Waals surface area contributed by atoms with Crippen LogP contribution >= 0.6 is 0 Å². The molecule has 138 valence electrons. The van der Waals surface area contributed by atoms with E-state index in [4.69, 9.17) is 0 Å². The number of carbonyl (C=O) groups excluding carboxylic acids is 2. The van der Waals surface area contributed by atoms with Crippen molar-refractivity contribution in [2.45, 2.75) is 57.8 Å². The van der Waals surface area contributed by atoms with Gasteiger partial charge in [0, 0.05) is 18.7 Å². The first-order valence-corrected chi connectivity index (χ1v) is 9.58. The number of unbranched alkanes of at least 4 members (excludes halogenated alkanes) is 2. The van der Waals surface area contributed by atoms with E-state index in [0.717, 1.165) is 44.1 Å². The molecule has 0 saturated carbocycles. The third-order valence-electron chi connectivity index (χ3n) is 5.26. The predicted molar refractivity (Wildman–Crippen MR) is 102 cm³/mol. The minimum atomic E-state index is -0.539. The summed E-state index contributed by atoms with van der Waals surface area (Å²) in [6, 6.07) is 7.75. The van der Waals surface area contributed by atoms with Gasteiger partial charge in [-0.2, -0.15) is 0 Å². The zero-order valence-electron chi connectivity index (χ0n) is 16.2. The lowest BCUT2D eigenvalue weighted by molar-refractivity contribution is -0.136. The van der Waals surface area contributed by atoms with E-state index in [0.29, 0.717) is 18.7 Å². The Morgan fingerprint density at radius 1 is 1.00 bits per heavy atom. The van der Waals surface area contributed by atoms with Crippen molar-refractivity contribution in [2.24, 2.45) is 0 Å². The molecular weight excluding hydrogens is 312 g/mol. The Bertz CT molecular complexity index is 602. The first-order chi connectivity index (χ1) is 12.0. The number of nitrogens with zero attached hydrogens (tertiary/aromatic N) is 2. The maximum atomic E-state index is 13.5. The number of hydrogen-bond acceptors (Lipinski definition) is 3. The molecule has 0 spiro atoms. The highest BCUT2D eigenvalue weighted by Crippen LogP contribution is 2.42. The fourth-order valence-corrected chi connectivity index (χ4v) is 3.77. The van der Waals surface area contributed by atoms with E-state index < -0.39 is 5.41 Å². The Balaban J connectivity index is 2.51. The number of benzene rings is 1. The monoisotopic (exact) mass is 344 g/mol. The summed E-state index contributed by atoms with van der Waals surface area (Å²) in [4.78, 5) is 30.0. The number of fused-ring (bicyclic) bond motifs is 1. The molecule has 1 aliphatic heterocycles. The van der Waals surface area contributed by atoms with Crippen LogP contribution in [0.4, 0.5) is 0 Å². The molecule has 1 aliphatic rings. The Labute approximate surface area is 152 Å². The number of carbonyl (C=O) groups is 2. The fraction of sp³-hybridized carbons (Fsp3) is 0.619. The summed E-state index contributed by atoms with van der Waals surface area (Å²) in [6.07, 6.45) is 5.75. The van der Waals surface area contributed by atoms with Crippen LogP contribution in [0.1, 0.15) is 68.3 Å². The molecule has 0 aromatic heterocycles. The van der Waals surface area contributed by atoms with Gasteiger partial charge < -0.3 is 4.90 Å². The largest absolute Gasteiger partial charge is 0.308 e. The summed E-state index contributed by atoms with van der Waals surface area (Å²) in [6.45, 7) is 5.46. The quantitative estimate of drug-likeness (QED) is 0.639. The van der Waals surface area contributed by atoms with Crippen molar-refractivity contribution >= 4 is 11.8 Å². The fourth-order valence-electron chi connectivity index (χ4n) is 3.77. The molecular formula is C21H32N2O2. The zero-order valence-corrected chi connectivity index (χ0v) is 16.2. The van der Waals surface area contributed by atoms with Crippen molar-refractivity contribution in [1.29, 1.82) is 0 Å². The van der Waals surface area contributed by atoms with Gasteiger partial charge in [-0.05, 0) is 38.6 Å². The maximum Gasteiger partial charge on any atom is 0.260 e. The van der Waals surface area contributed by atoms with E-state index >= 15 is 0 Å². The molecule has 1 aromatic carbocycles. The highest BCUT2D eigenvalue weighted by atomic mass is 16.2. The summed E-state index contributed by atoms with van der Waals surface area (Å²) in [7, 11) is 3.93. The van der Waals surface area contributed by atoms with Gasteiger partial charge in [0.25, 0.3) is 5.91 Å². The maximum absolute atomic E-state index is 13.5. The molecule has 0 bridgehead atoms. The Kier molecular flexibility index (Phi) is 6.77. The first kappa shape index (κ1) is 19.6. The van der Waals surface area contributed by atoms with Crippen molar-refractivity contribution < 1.29 is 9.59 Å². The number of amides is 2. The predicted octanol–water partition coefficient (Wildman–Crippen LogP) is 3.85. The summed E-state index contributed by atoms with van der Waals surface area (Å²) < 4.78 is 0. The molecule has 1 heterocycles. The molecule has 25 heavy (non-hydrogen) atoms. The van der Waals surface area contributed by atoms with E-state index in [2.05, 4.69) is 13.8 Å². The molecule has 1 aromatic rings. The van der Waals surface area contributed by atoms with Gasteiger partial charge >= 0.3 is 0 Å². The van der Waals surface area contributed by atoms with Crippen molar-refractivity contribution in [2.75, 3.05) is 27.2 Å². The summed E-state index contributed by atoms with van der Waals surface area (Å²) in [5.74, 6) is -0.119. The second-order valence-electron chi connectivity index (χ2n) is 7.40. The van der Waals surface area contributed by atoms with Crippen LogP contribution in [0.2, 0.25) is 0 Å². The van der Waals surface area contributed by atoms with Crippen LogP contribution in [0.25, 0.3) is 0 Å². The first-order valence-electron chi connectivity index (χ1n) is 9.58. The van der Waals surface area contributed by atoms with Crippen LogP contribution in [0.15, 0.2) is 24.3 Å². The van der Waals surface area contributed by atoms with Gasteiger partial charge in [0.05, 0.1) is 5.41 Å². The normalized spacial score (nSPS) is 16.4. The van der Waals surface area contributed by atoms with Gasteiger partial charge in [-0.25, -0.2) is 0 Å². The highest BCUT2D eigenvalue weighted by Gasteiger charge is 2.49. The molecule has 4 nitrogen and oxygen atoms in total. The van der Waals surface area contributed by atoms with Gasteiger partial charge in [0.15, 0.2) is 0 Å². The van der Waals surface area contributed by atoms with Crippen molar-refractivity contribution in [3.05, 3.63) is 35.4 Å². The second-order valence-corrected chi connectivity index (χ2v) is 7.40. The summed E-state index contributed by atoms with van der Waals surface area (Å²) in [5.41, 5.74) is 1.13. The molecule has 4 heteroatoms. The molecule has 0 saturated heterocycles. The Morgan fingerprint density at radius 2 is 1.60 bits per heavy atom. The topological polar surface area (TPSA) is 40.6 Å². The average Bonchev–Trinajstić information content (AvgIpc) is 2.61. The number of imide groups is 1. The van der Waals surface area contributed by atoms with Gasteiger partial charge in [0.1, 0.15) is 0 Å². The number of likely N-dealkylation sites (N-methyl/N-ethyl adjacent to an activating group) is 1. The van der Waals surface area contributed by atoms with Crippen LogP contribution in [-0.4, -0.2) is 48.8 Å². The highest BCUT2D eigenvalue weighted by molar-refractivity contribution is 6.13. The smallest absolute Gasteiger partial charge is 0.260 e. The van der Waals surface area contributed by atoms with E-state index in [9.17, 15) is 9.59 Å². The Hall–Kier alpha value is -1.68. The average molecular weight is 344 g/mol. The SMILES string of the molecule is CCCCC1(CCCC)C(=O)N(CCN(C)C)C(=O)c2ccccc21.